The van der Waals surface area contributed by atoms with Gasteiger partial charge < -0.3 is 24.4 Å². The fraction of sp³-hybridized carbons (Fsp3) is 0.750. The summed E-state index contributed by atoms with van der Waals surface area (Å²) in [6.07, 6.45) is 0.600. The Morgan fingerprint density at radius 1 is 0.909 bits per heavy atom. The molecule has 2 fully saturated rings. The van der Waals surface area contributed by atoms with Crippen LogP contribution in [0, 0.1) is 17.8 Å². The molecule has 2 aliphatic rings. The third-order valence-electron chi connectivity index (χ3n) is 5.00. The maximum Gasteiger partial charge on any atom is 0.408 e. The minimum Gasteiger partial charge on any atom is -0.460 e. The van der Waals surface area contributed by atoms with Crippen LogP contribution in [-0.2, 0) is 28.6 Å². The number of ether oxygens (including phenoxy) is 3. The highest BCUT2D eigenvalue weighted by Gasteiger charge is 2.79. The Balaban J connectivity index is 0.00000578. The number of carbonyl (C=O) groups excluding carboxylic acids is 4. The molecule has 0 bridgehead atoms. The lowest BCUT2D eigenvalue weighted by Gasteiger charge is -2.36. The number of hydrogen-bond acceptors (Lipinski definition) is 8. The summed E-state index contributed by atoms with van der Waals surface area (Å²) in [5, 5.41) is 2.64. The monoisotopic (exact) mass is 468 g/mol. The SMILES string of the molecule is CN(C)/C=C1\C(=O)[C@H]2[C@H](C(=O)OC(C)(C)C)[C@H]2[C@]1(NC(=O)OC(C)(C)C)C(=O)OC(C)(C)C.[HH]. The van der Waals surface area contributed by atoms with Crippen LogP contribution in [0.15, 0.2) is 11.8 Å². The average Bonchev–Trinajstić information content (AvgIpc) is 3.23. The smallest absolute Gasteiger partial charge is 0.408 e. The zero-order valence-corrected chi connectivity index (χ0v) is 21.6. The molecule has 0 aromatic heterocycles. The van der Waals surface area contributed by atoms with E-state index in [1.807, 2.05) is 0 Å². The minimum atomic E-state index is -1.89. The molecule has 2 aliphatic carbocycles. The van der Waals surface area contributed by atoms with Crippen molar-refractivity contribution in [3.05, 3.63) is 11.8 Å². The molecule has 0 aliphatic heterocycles. The minimum absolute atomic E-state index is 0. The van der Waals surface area contributed by atoms with Crippen LogP contribution in [0.5, 0.6) is 0 Å². The molecule has 0 spiro atoms. The first-order chi connectivity index (χ1) is 14.7. The standard InChI is InChI=1S/C24H38N2O7.H2/c1-21(2,3)31-18(28)15-14-16(15)24(19(29)32-22(4,5)6,13(17(14)27)12-26(10)11)25-20(30)33-23(7,8)9;/h12,14-16H,1-11H3,(H,25,30);1H/b13-12+;/t14-,15-,16-,24-;/m0./s1. The number of Topliss-reactive ketones (excluding diaryl/α,β-unsaturated/α-hetero) is 1. The van der Waals surface area contributed by atoms with E-state index < -0.39 is 63.9 Å². The molecular formula is C24H40N2O7. The maximum atomic E-state index is 13.7. The van der Waals surface area contributed by atoms with Crippen molar-refractivity contribution in [3.8, 4) is 0 Å². The van der Waals surface area contributed by atoms with Gasteiger partial charge in [0.2, 0.25) is 0 Å². The van der Waals surface area contributed by atoms with Gasteiger partial charge in [-0.3, -0.25) is 9.59 Å². The Labute approximate surface area is 197 Å². The van der Waals surface area contributed by atoms with Crippen molar-refractivity contribution in [2.24, 2.45) is 17.8 Å². The van der Waals surface area contributed by atoms with E-state index in [4.69, 9.17) is 14.2 Å². The molecule has 1 amide bonds. The normalized spacial score (nSPS) is 28.2. The lowest BCUT2D eigenvalue weighted by molar-refractivity contribution is -0.164. The predicted molar refractivity (Wildman–Crippen MR) is 123 cm³/mol. The second kappa shape index (κ2) is 8.33. The summed E-state index contributed by atoms with van der Waals surface area (Å²) in [4.78, 5) is 54.5. The van der Waals surface area contributed by atoms with Crippen LogP contribution >= 0.6 is 0 Å². The topological polar surface area (TPSA) is 111 Å². The van der Waals surface area contributed by atoms with Crippen LogP contribution in [0.1, 0.15) is 63.7 Å². The fourth-order valence-electron chi connectivity index (χ4n) is 4.09. The zero-order valence-electron chi connectivity index (χ0n) is 21.6. The van der Waals surface area contributed by atoms with Gasteiger partial charge in [-0.15, -0.1) is 0 Å². The Hall–Kier alpha value is -2.58. The molecule has 188 valence electrons. The summed E-state index contributed by atoms with van der Waals surface area (Å²) in [5.74, 6) is -4.32. The molecule has 0 radical (unpaired) electrons. The molecule has 9 heteroatoms. The van der Waals surface area contributed by atoms with Gasteiger partial charge in [0.1, 0.15) is 16.8 Å². The first-order valence-electron chi connectivity index (χ1n) is 11.1. The van der Waals surface area contributed by atoms with Gasteiger partial charge in [0.05, 0.1) is 5.92 Å². The molecule has 0 aromatic carbocycles. The quantitative estimate of drug-likeness (QED) is 0.381. The second-order valence-electron chi connectivity index (χ2n) is 11.9. The molecule has 0 aromatic rings. The van der Waals surface area contributed by atoms with Gasteiger partial charge in [-0.2, -0.15) is 0 Å². The van der Waals surface area contributed by atoms with Crippen LogP contribution < -0.4 is 5.32 Å². The highest BCUT2D eigenvalue weighted by atomic mass is 16.6. The largest absolute Gasteiger partial charge is 0.460 e. The number of rotatable bonds is 4. The molecule has 0 saturated heterocycles. The number of nitrogens with zero attached hydrogens (tertiary/aromatic N) is 1. The van der Waals surface area contributed by atoms with Crippen molar-refractivity contribution < 1.29 is 34.8 Å². The van der Waals surface area contributed by atoms with Crippen LogP contribution in [0.2, 0.25) is 0 Å². The molecule has 2 saturated carbocycles. The van der Waals surface area contributed by atoms with Gasteiger partial charge in [0.15, 0.2) is 11.3 Å². The molecule has 33 heavy (non-hydrogen) atoms. The Morgan fingerprint density at radius 2 is 1.39 bits per heavy atom. The number of amides is 1. The van der Waals surface area contributed by atoms with Gasteiger partial charge in [-0.25, -0.2) is 9.59 Å². The van der Waals surface area contributed by atoms with E-state index in [0.29, 0.717) is 0 Å². The van der Waals surface area contributed by atoms with E-state index in [-0.39, 0.29) is 7.00 Å². The molecule has 2 rings (SSSR count). The molecule has 0 heterocycles. The van der Waals surface area contributed by atoms with Gasteiger partial charge in [0.25, 0.3) is 0 Å². The summed E-state index contributed by atoms with van der Waals surface area (Å²) in [7, 11) is 3.39. The molecule has 4 atom stereocenters. The van der Waals surface area contributed by atoms with E-state index in [1.54, 1.807) is 81.3 Å². The number of hydrogen-bond donors (Lipinski definition) is 1. The molecular weight excluding hydrogens is 428 g/mol. The lowest BCUT2D eigenvalue weighted by Crippen LogP contribution is -2.60. The van der Waals surface area contributed by atoms with E-state index in [9.17, 15) is 19.2 Å². The number of alkyl carbamates (subject to hydrolysis) is 1. The van der Waals surface area contributed by atoms with Crippen molar-refractivity contribution in [2.45, 2.75) is 84.7 Å². The number of carbonyl (C=O) groups is 4. The van der Waals surface area contributed by atoms with Crippen LogP contribution in [0.25, 0.3) is 0 Å². The van der Waals surface area contributed by atoms with Gasteiger partial charge in [0, 0.05) is 39.1 Å². The number of esters is 2. The Kier molecular flexibility index (Phi) is 6.73. The van der Waals surface area contributed by atoms with E-state index >= 15 is 0 Å². The van der Waals surface area contributed by atoms with E-state index in [1.165, 1.54) is 6.20 Å². The summed E-state index contributed by atoms with van der Waals surface area (Å²) >= 11 is 0. The first kappa shape index (κ1) is 26.7. The number of ketones is 1. The summed E-state index contributed by atoms with van der Waals surface area (Å²) < 4.78 is 16.6. The maximum absolute atomic E-state index is 13.7. The van der Waals surface area contributed by atoms with Crippen molar-refractivity contribution in [1.82, 2.24) is 10.2 Å². The average molecular weight is 469 g/mol. The lowest BCUT2D eigenvalue weighted by atomic mass is 9.85. The Bertz CT molecular complexity index is 877. The third-order valence-corrected chi connectivity index (χ3v) is 5.00. The fourth-order valence-corrected chi connectivity index (χ4v) is 4.09. The molecule has 9 nitrogen and oxygen atoms in total. The number of nitrogens with one attached hydrogen (secondary N) is 1. The Morgan fingerprint density at radius 3 is 1.82 bits per heavy atom. The van der Waals surface area contributed by atoms with E-state index in [2.05, 4.69) is 5.32 Å². The van der Waals surface area contributed by atoms with E-state index in [0.717, 1.165) is 0 Å². The summed E-state index contributed by atoms with van der Waals surface area (Å²) in [6.45, 7) is 15.3. The van der Waals surface area contributed by atoms with Crippen LogP contribution in [0.3, 0.4) is 0 Å². The van der Waals surface area contributed by atoms with Crippen molar-refractivity contribution in [1.29, 1.82) is 0 Å². The van der Waals surface area contributed by atoms with Gasteiger partial charge in [-0.1, -0.05) is 0 Å². The highest BCUT2D eigenvalue weighted by Crippen LogP contribution is 2.63. The highest BCUT2D eigenvalue weighted by molar-refractivity contribution is 6.16. The summed E-state index contributed by atoms with van der Waals surface area (Å²) in [5.41, 5.74) is -4.35. The predicted octanol–water partition coefficient (Wildman–Crippen LogP) is 3.07. The van der Waals surface area contributed by atoms with Crippen LogP contribution in [-0.4, -0.2) is 65.2 Å². The van der Waals surface area contributed by atoms with Crippen molar-refractivity contribution >= 4 is 23.8 Å². The third kappa shape index (κ3) is 5.86. The van der Waals surface area contributed by atoms with Crippen LogP contribution in [0.4, 0.5) is 4.79 Å². The second-order valence-corrected chi connectivity index (χ2v) is 11.9. The van der Waals surface area contributed by atoms with Crippen molar-refractivity contribution in [3.63, 3.8) is 0 Å². The first-order valence-corrected chi connectivity index (χ1v) is 11.1. The number of fused-ring (bicyclic) bond motifs is 1. The summed E-state index contributed by atoms with van der Waals surface area (Å²) in [6, 6.07) is 0. The molecule has 0 unspecified atom stereocenters. The van der Waals surface area contributed by atoms with Gasteiger partial charge in [-0.05, 0) is 62.3 Å². The van der Waals surface area contributed by atoms with Gasteiger partial charge >= 0.3 is 18.0 Å². The zero-order chi connectivity index (χ0) is 25.7. The molecule has 1 N–H and O–H groups in total. The van der Waals surface area contributed by atoms with Crippen molar-refractivity contribution in [2.75, 3.05) is 14.1 Å².